The summed E-state index contributed by atoms with van der Waals surface area (Å²) in [6, 6.07) is 0. The van der Waals surface area contributed by atoms with Crippen molar-refractivity contribution >= 4 is 22.4 Å². The minimum Gasteiger partial charge on any atom is -0.375 e. The number of anilines is 1. The van der Waals surface area contributed by atoms with Crippen LogP contribution in [0.4, 0.5) is 5.13 Å². The molecule has 1 heterocycles. The quantitative estimate of drug-likeness (QED) is 0.898. The lowest BCUT2D eigenvalue weighted by molar-refractivity contribution is -0.146. The summed E-state index contributed by atoms with van der Waals surface area (Å²) < 4.78 is 0. The topological polar surface area (TPSA) is 68.0 Å². The number of rotatable bonds is 4. The van der Waals surface area contributed by atoms with Gasteiger partial charge >= 0.3 is 0 Å². The van der Waals surface area contributed by atoms with Crippen LogP contribution in [-0.4, -0.2) is 17.4 Å². The Morgan fingerprint density at radius 2 is 1.90 bits per heavy atom. The van der Waals surface area contributed by atoms with E-state index in [9.17, 15) is 4.79 Å². The third kappa shape index (κ3) is 2.45. The lowest BCUT2D eigenvalue weighted by Gasteiger charge is -2.55. The van der Waals surface area contributed by atoms with Crippen LogP contribution in [-0.2, 0) is 11.2 Å². The molecule has 0 unspecified atom stereocenters. The number of hydrogen-bond acceptors (Lipinski definition) is 4. The second kappa shape index (κ2) is 4.97. The highest BCUT2D eigenvalue weighted by molar-refractivity contribution is 7.13. The number of nitrogens with two attached hydrogens (primary N) is 1. The average Bonchev–Trinajstić information content (AvgIpc) is 2.83. The molecule has 1 aromatic heterocycles. The van der Waals surface area contributed by atoms with Crippen molar-refractivity contribution in [3.63, 3.8) is 0 Å². The van der Waals surface area contributed by atoms with Crippen LogP contribution in [0.25, 0.3) is 0 Å². The van der Waals surface area contributed by atoms with Crippen molar-refractivity contribution in [3.8, 4) is 0 Å². The molecule has 1 amide bonds. The van der Waals surface area contributed by atoms with Crippen LogP contribution in [0.3, 0.4) is 0 Å². The maximum Gasteiger partial charge on any atom is 0.226 e. The van der Waals surface area contributed by atoms with E-state index in [4.69, 9.17) is 5.73 Å². The van der Waals surface area contributed by atoms with Gasteiger partial charge in [0.25, 0.3) is 0 Å². The second-order valence-corrected chi connectivity index (χ2v) is 8.27. The molecular formula is C16H23N3OS. The Kier molecular flexibility index (Phi) is 3.21. The maximum absolute atomic E-state index is 12.7. The summed E-state index contributed by atoms with van der Waals surface area (Å²) in [4.78, 5) is 17.0. The first-order chi connectivity index (χ1) is 10.1. The molecule has 4 saturated carbocycles. The second-order valence-electron chi connectivity index (χ2n) is 7.38. The van der Waals surface area contributed by atoms with Gasteiger partial charge in [-0.2, -0.15) is 0 Å². The standard InChI is InChI=1S/C16H23N3OS/c17-15-19-13(9-21-15)1-2-18-14(20)16-6-10-3-11(7-16)5-12(4-10)8-16/h9-12H,1-8H2,(H2,17,19)(H,18,20). The Labute approximate surface area is 129 Å². The zero-order valence-electron chi connectivity index (χ0n) is 12.3. The lowest BCUT2D eigenvalue weighted by Crippen LogP contribution is -2.53. The van der Waals surface area contributed by atoms with Gasteiger partial charge in [-0.15, -0.1) is 11.3 Å². The fraction of sp³-hybridized carbons (Fsp3) is 0.750. The molecule has 0 atom stereocenters. The van der Waals surface area contributed by atoms with Crippen molar-refractivity contribution in [2.24, 2.45) is 23.2 Å². The maximum atomic E-state index is 12.7. The van der Waals surface area contributed by atoms with Gasteiger partial charge in [0.2, 0.25) is 5.91 Å². The third-order valence-corrected chi connectivity index (χ3v) is 6.48. The number of carbonyl (C=O) groups excluding carboxylic acids is 1. The Bertz CT molecular complexity index is 518. The van der Waals surface area contributed by atoms with E-state index < -0.39 is 0 Å². The molecule has 0 aromatic carbocycles. The van der Waals surface area contributed by atoms with Crippen molar-refractivity contribution in [1.29, 1.82) is 0 Å². The Balaban J connectivity index is 1.36. The highest BCUT2D eigenvalue weighted by atomic mass is 32.1. The Morgan fingerprint density at radius 3 is 2.43 bits per heavy atom. The summed E-state index contributed by atoms with van der Waals surface area (Å²) in [6.45, 7) is 0.684. The fourth-order valence-corrected chi connectivity index (χ4v) is 5.92. The van der Waals surface area contributed by atoms with Crippen LogP contribution in [0.15, 0.2) is 5.38 Å². The molecule has 3 N–H and O–H groups in total. The molecule has 0 saturated heterocycles. The monoisotopic (exact) mass is 305 g/mol. The van der Waals surface area contributed by atoms with Gasteiger partial charge in [0, 0.05) is 23.8 Å². The van der Waals surface area contributed by atoms with Gasteiger partial charge < -0.3 is 11.1 Å². The minimum absolute atomic E-state index is 0.0319. The van der Waals surface area contributed by atoms with E-state index in [1.165, 1.54) is 30.6 Å². The SMILES string of the molecule is Nc1nc(CCNC(=O)C23CC4CC(CC(C4)C2)C3)cs1. The van der Waals surface area contributed by atoms with Crippen molar-refractivity contribution in [3.05, 3.63) is 11.1 Å². The number of nitrogens with one attached hydrogen (secondary N) is 1. The van der Waals surface area contributed by atoms with E-state index in [1.54, 1.807) is 0 Å². The zero-order valence-corrected chi connectivity index (χ0v) is 13.1. The molecule has 114 valence electrons. The van der Waals surface area contributed by atoms with E-state index in [0.29, 0.717) is 17.6 Å². The highest BCUT2D eigenvalue weighted by Gasteiger charge is 2.54. The van der Waals surface area contributed by atoms with Crippen molar-refractivity contribution in [1.82, 2.24) is 10.3 Å². The van der Waals surface area contributed by atoms with Gasteiger partial charge in [-0.05, 0) is 56.3 Å². The molecule has 0 radical (unpaired) electrons. The predicted molar refractivity (Wildman–Crippen MR) is 83.8 cm³/mol. The number of hydrogen-bond donors (Lipinski definition) is 2. The first kappa shape index (κ1) is 13.6. The van der Waals surface area contributed by atoms with E-state index >= 15 is 0 Å². The predicted octanol–water partition coefficient (Wildman–Crippen LogP) is 2.60. The van der Waals surface area contributed by atoms with Crippen LogP contribution in [0.2, 0.25) is 0 Å². The summed E-state index contributed by atoms with van der Waals surface area (Å²) in [5.74, 6) is 2.77. The highest BCUT2D eigenvalue weighted by Crippen LogP contribution is 2.60. The molecule has 4 aliphatic carbocycles. The molecule has 5 rings (SSSR count). The first-order valence-electron chi connectivity index (χ1n) is 8.11. The molecule has 21 heavy (non-hydrogen) atoms. The summed E-state index contributed by atoms with van der Waals surface area (Å²) in [5.41, 5.74) is 6.59. The van der Waals surface area contributed by atoms with Crippen molar-refractivity contribution in [2.75, 3.05) is 12.3 Å². The van der Waals surface area contributed by atoms with E-state index in [0.717, 1.165) is 49.1 Å². The molecule has 4 fully saturated rings. The molecular weight excluding hydrogens is 282 g/mol. The number of thiazole rings is 1. The molecule has 4 aliphatic rings. The van der Waals surface area contributed by atoms with Crippen LogP contribution in [0.5, 0.6) is 0 Å². The van der Waals surface area contributed by atoms with Crippen molar-refractivity contribution < 1.29 is 4.79 Å². The molecule has 0 aliphatic heterocycles. The molecule has 4 nitrogen and oxygen atoms in total. The van der Waals surface area contributed by atoms with E-state index in [-0.39, 0.29) is 5.41 Å². The van der Waals surface area contributed by atoms with Crippen molar-refractivity contribution in [2.45, 2.75) is 44.9 Å². The number of carbonyl (C=O) groups is 1. The minimum atomic E-state index is -0.0319. The normalized spacial score (nSPS) is 36.9. The summed E-state index contributed by atoms with van der Waals surface area (Å²) in [6.07, 6.45) is 8.32. The van der Waals surface area contributed by atoms with Crippen LogP contribution >= 0.6 is 11.3 Å². The van der Waals surface area contributed by atoms with Gasteiger partial charge in [0.15, 0.2) is 5.13 Å². The first-order valence-corrected chi connectivity index (χ1v) is 8.99. The number of nitrogen functional groups attached to an aromatic ring is 1. The number of aromatic nitrogens is 1. The smallest absolute Gasteiger partial charge is 0.226 e. The molecule has 5 heteroatoms. The lowest BCUT2D eigenvalue weighted by atomic mass is 9.49. The summed E-state index contributed by atoms with van der Waals surface area (Å²) in [5, 5.41) is 5.77. The zero-order chi connectivity index (χ0) is 14.4. The van der Waals surface area contributed by atoms with Crippen LogP contribution in [0, 0.1) is 23.2 Å². The van der Waals surface area contributed by atoms with Gasteiger partial charge in [0.1, 0.15) is 0 Å². The third-order valence-electron chi connectivity index (χ3n) is 5.76. The number of nitrogens with zero attached hydrogens (tertiary/aromatic N) is 1. The number of amides is 1. The Hall–Kier alpha value is -1.10. The van der Waals surface area contributed by atoms with Crippen LogP contribution in [0.1, 0.15) is 44.2 Å². The fourth-order valence-electron chi connectivity index (χ4n) is 5.32. The Morgan fingerprint density at radius 1 is 1.29 bits per heavy atom. The summed E-state index contributed by atoms with van der Waals surface area (Å²) >= 11 is 1.46. The average molecular weight is 305 g/mol. The molecule has 0 spiro atoms. The molecule has 1 aromatic rings. The van der Waals surface area contributed by atoms with E-state index in [1.807, 2.05) is 5.38 Å². The largest absolute Gasteiger partial charge is 0.375 e. The van der Waals surface area contributed by atoms with E-state index in [2.05, 4.69) is 10.3 Å². The molecule has 4 bridgehead atoms. The van der Waals surface area contributed by atoms with Gasteiger partial charge in [0.05, 0.1) is 5.69 Å². The van der Waals surface area contributed by atoms with Gasteiger partial charge in [-0.1, -0.05) is 0 Å². The van der Waals surface area contributed by atoms with Gasteiger partial charge in [-0.25, -0.2) is 4.98 Å². The van der Waals surface area contributed by atoms with Gasteiger partial charge in [-0.3, -0.25) is 4.79 Å². The van der Waals surface area contributed by atoms with Crippen LogP contribution < -0.4 is 11.1 Å². The summed E-state index contributed by atoms with van der Waals surface area (Å²) in [7, 11) is 0.